The van der Waals surface area contributed by atoms with E-state index in [1.165, 1.54) is 17.7 Å². The topological polar surface area (TPSA) is 29.1 Å². The number of hydrogen-bond acceptors (Lipinski definition) is 1. The first-order valence-electron chi connectivity index (χ1n) is 6.61. The Labute approximate surface area is 118 Å². The van der Waals surface area contributed by atoms with Gasteiger partial charge < -0.3 is 5.32 Å². The highest BCUT2D eigenvalue weighted by atomic mass is 19.1. The second-order valence-electron chi connectivity index (χ2n) is 5.04. The smallest absolute Gasteiger partial charge is 0.254 e. The fraction of sp³-hybridized carbons (Fsp3) is 0.235. The van der Waals surface area contributed by atoms with Gasteiger partial charge in [-0.1, -0.05) is 35.9 Å². The van der Waals surface area contributed by atoms with E-state index in [9.17, 15) is 9.18 Å². The van der Waals surface area contributed by atoms with Crippen molar-refractivity contribution in [3.05, 3.63) is 70.5 Å². The Bertz CT molecular complexity index is 637. The molecule has 0 spiro atoms. The highest BCUT2D eigenvalue weighted by Crippen LogP contribution is 2.19. The van der Waals surface area contributed by atoms with Crippen LogP contribution in [0.25, 0.3) is 0 Å². The first-order chi connectivity index (χ1) is 9.49. The summed E-state index contributed by atoms with van der Waals surface area (Å²) in [5, 5.41) is 2.83. The van der Waals surface area contributed by atoms with Crippen LogP contribution in [0, 0.1) is 19.7 Å². The van der Waals surface area contributed by atoms with Crippen LogP contribution in [0.1, 0.15) is 40.0 Å². The van der Waals surface area contributed by atoms with Crippen LogP contribution in [-0.2, 0) is 0 Å². The van der Waals surface area contributed by atoms with Crippen LogP contribution in [0.2, 0.25) is 0 Å². The molecule has 0 saturated carbocycles. The summed E-state index contributed by atoms with van der Waals surface area (Å²) < 4.78 is 13.6. The maximum atomic E-state index is 13.6. The van der Waals surface area contributed by atoms with E-state index in [-0.39, 0.29) is 11.6 Å². The molecule has 0 heterocycles. The Morgan fingerprint density at radius 3 is 2.50 bits per heavy atom. The Kier molecular flexibility index (Phi) is 4.18. The van der Waals surface area contributed by atoms with Crippen molar-refractivity contribution in [1.29, 1.82) is 0 Å². The second kappa shape index (κ2) is 5.87. The summed E-state index contributed by atoms with van der Waals surface area (Å²) in [5.41, 5.74) is 3.41. The normalized spacial score (nSPS) is 12.0. The summed E-state index contributed by atoms with van der Waals surface area (Å²) in [6, 6.07) is 11.9. The fourth-order valence-corrected chi connectivity index (χ4v) is 2.31. The molecule has 2 rings (SSSR count). The molecule has 3 heteroatoms. The predicted molar refractivity (Wildman–Crippen MR) is 78.2 cm³/mol. The van der Waals surface area contributed by atoms with Gasteiger partial charge in [0.1, 0.15) is 5.82 Å². The molecule has 0 unspecified atom stereocenters. The standard InChI is InChI=1S/C17H18FNO/c1-11-8-9-14(12(2)10-11)13(3)19-17(20)15-6-4-5-7-16(15)18/h4-10,13H,1-3H3,(H,19,20)/t13-/m1/s1. The number of hydrogen-bond donors (Lipinski definition) is 1. The Hall–Kier alpha value is -2.16. The monoisotopic (exact) mass is 271 g/mol. The molecule has 0 aliphatic carbocycles. The maximum absolute atomic E-state index is 13.6. The van der Waals surface area contributed by atoms with Gasteiger partial charge in [0.25, 0.3) is 5.91 Å². The van der Waals surface area contributed by atoms with Crippen molar-refractivity contribution in [2.45, 2.75) is 26.8 Å². The lowest BCUT2D eigenvalue weighted by Gasteiger charge is -2.17. The number of halogens is 1. The van der Waals surface area contributed by atoms with Crippen LogP contribution in [0.3, 0.4) is 0 Å². The number of rotatable bonds is 3. The van der Waals surface area contributed by atoms with Gasteiger partial charge in [-0.15, -0.1) is 0 Å². The van der Waals surface area contributed by atoms with E-state index < -0.39 is 11.7 Å². The molecule has 0 aliphatic heterocycles. The second-order valence-corrected chi connectivity index (χ2v) is 5.04. The summed E-state index contributed by atoms with van der Waals surface area (Å²) in [4.78, 5) is 12.1. The van der Waals surface area contributed by atoms with Gasteiger partial charge in [-0.05, 0) is 44.0 Å². The van der Waals surface area contributed by atoms with Crippen molar-refractivity contribution < 1.29 is 9.18 Å². The van der Waals surface area contributed by atoms with Crippen molar-refractivity contribution in [3.63, 3.8) is 0 Å². The average Bonchev–Trinajstić information content (AvgIpc) is 2.38. The Morgan fingerprint density at radius 2 is 1.85 bits per heavy atom. The molecule has 1 N–H and O–H groups in total. The average molecular weight is 271 g/mol. The Morgan fingerprint density at radius 1 is 1.15 bits per heavy atom. The van der Waals surface area contributed by atoms with Crippen LogP contribution in [0.15, 0.2) is 42.5 Å². The molecule has 0 saturated heterocycles. The summed E-state index contributed by atoms with van der Waals surface area (Å²) in [5.74, 6) is -0.895. The summed E-state index contributed by atoms with van der Waals surface area (Å²) >= 11 is 0. The van der Waals surface area contributed by atoms with Crippen molar-refractivity contribution in [2.24, 2.45) is 0 Å². The first kappa shape index (κ1) is 14.3. The molecule has 2 aromatic carbocycles. The van der Waals surface area contributed by atoms with E-state index >= 15 is 0 Å². The highest BCUT2D eigenvalue weighted by Gasteiger charge is 2.15. The van der Waals surface area contributed by atoms with Crippen molar-refractivity contribution in [2.75, 3.05) is 0 Å². The number of carbonyl (C=O) groups is 1. The summed E-state index contributed by atoms with van der Waals surface area (Å²) in [6.07, 6.45) is 0. The lowest BCUT2D eigenvalue weighted by atomic mass is 10.00. The van der Waals surface area contributed by atoms with Gasteiger partial charge in [0.15, 0.2) is 0 Å². The van der Waals surface area contributed by atoms with Crippen molar-refractivity contribution >= 4 is 5.91 Å². The third-order valence-corrected chi connectivity index (χ3v) is 3.36. The van der Waals surface area contributed by atoms with Gasteiger partial charge in [-0.3, -0.25) is 4.79 Å². The molecule has 20 heavy (non-hydrogen) atoms. The van der Waals surface area contributed by atoms with E-state index in [2.05, 4.69) is 11.4 Å². The van der Waals surface area contributed by atoms with Gasteiger partial charge in [0.2, 0.25) is 0 Å². The largest absolute Gasteiger partial charge is 0.345 e. The highest BCUT2D eigenvalue weighted by molar-refractivity contribution is 5.94. The van der Waals surface area contributed by atoms with Crippen LogP contribution >= 0.6 is 0 Å². The third-order valence-electron chi connectivity index (χ3n) is 3.36. The van der Waals surface area contributed by atoms with Gasteiger partial charge in [-0.25, -0.2) is 4.39 Å². The van der Waals surface area contributed by atoms with Crippen LogP contribution in [0.4, 0.5) is 4.39 Å². The number of nitrogens with one attached hydrogen (secondary N) is 1. The number of benzene rings is 2. The first-order valence-corrected chi connectivity index (χ1v) is 6.61. The van der Waals surface area contributed by atoms with Gasteiger partial charge in [0.05, 0.1) is 11.6 Å². The molecule has 0 bridgehead atoms. The molecular weight excluding hydrogens is 253 g/mol. The molecular formula is C17H18FNO. The van der Waals surface area contributed by atoms with Crippen LogP contribution in [-0.4, -0.2) is 5.91 Å². The molecule has 2 nitrogen and oxygen atoms in total. The molecule has 104 valence electrons. The quantitative estimate of drug-likeness (QED) is 0.900. The molecule has 0 aliphatic rings. The summed E-state index contributed by atoms with van der Waals surface area (Å²) in [6.45, 7) is 5.93. The van der Waals surface area contributed by atoms with E-state index in [4.69, 9.17) is 0 Å². The minimum absolute atomic E-state index is 0.0733. The molecule has 1 atom stereocenters. The van der Waals surface area contributed by atoms with E-state index in [1.807, 2.05) is 32.9 Å². The fourth-order valence-electron chi connectivity index (χ4n) is 2.31. The summed E-state index contributed by atoms with van der Waals surface area (Å²) in [7, 11) is 0. The number of carbonyl (C=O) groups excluding carboxylic acids is 1. The van der Waals surface area contributed by atoms with E-state index in [1.54, 1.807) is 12.1 Å². The zero-order valence-corrected chi connectivity index (χ0v) is 11.9. The predicted octanol–water partition coefficient (Wildman–Crippen LogP) is 3.93. The van der Waals surface area contributed by atoms with Crippen molar-refractivity contribution in [3.8, 4) is 0 Å². The Balaban J connectivity index is 2.17. The third kappa shape index (κ3) is 3.05. The van der Waals surface area contributed by atoms with Gasteiger partial charge >= 0.3 is 0 Å². The van der Waals surface area contributed by atoms with E-state index in [0.717, 1.165) is 11.1 Å². The van der Waals surface area contributed by atoms with Gasteiger partial charge in [0, 0.05) is 0 Å². The molecule has 0 radical (unpaired) electrons. The molecule has 1 amide bonds. The zero-order valence-electron chi connectivity index (χ0n) is 11.9. The molecule has 2 aromatic rings. The van der Waals surface area contributed by atoms with Crippen molar-refractivity contribution in [1.82, 2.24) is 5.32 Å². The maximum Gasteiger partial charge on any atom is 0.254 e. The lowest BCUT2D eigenvalue weighted by molar-refractivity contribution is 0.0936. The minimum Gasteiger partial charge on any atom is -0.345 e. The zero-order chi connectivity index (χ0) is 14.7. The van der Waals surface area contributed by atoms with E-state index in [0.29, 0.717) is 0 Å². The van der Waals surface area contributed by atoms with Crippen LogP contribution < -0.4 is 5.32 Å². The molecule has 0 fully saturated rings. The van der Waals surface area contributed by atoms with Crippen LogP contribution in [0.5, 0.6) is 0 Å². The SMILES string of the molecule is Cc1ccc([C@@H](C)NC(=O)c2ccccc2F)c(C)c1. The van der Waals surface area contributed by atoms with Gasteiger partial charge in [-0.2, -0.15) is 0 Å². The number of aryl methyl sites for hydroxylation is 2. The minimum atomic E-state index is -0.502. The molecule has 0 aromatic heterocycles. The lowest BCUT2D eigenvalue weighted by Crippen LogP contribution is -2.27. The number of amides is 1.